The lowest BCUT2D eigenvalue weighted by Crippen LogP contribution is -2.19. The minimum Gasteiger partial charge on any atom is -0.494 e. The van der Waals surface area contributed by atoms with Gasteiger partial charge in [-0.25, -0.2) is 0 Å². The van der Waals surface area contributed by atoms with Crippen molar-refractivity contribution in [2.75, 3.05) is 13.2 Å². The first-order chi connectivity index (χ1) is 9.63. The Kier molecular flexibility index (Phi) is 8.32. The number of nitriles is 1. The molecule has 0 aliphatic rings. The molecule has 0 unspecified atom stereocenters. The molecular weight excluding hydrogens is 316 g/mol. The van der Waals surface area contributed by atoms with Crippen LogP contribution in [0.2, 0.25) is 0 Å². The van der Waals surface area contributed by atoms with Gasteiger partial charge < -0.3 is 10.1 Å². The molecule has 0 fully saturated rings. The van der Waals surface area contributed by atoms with Gasteiger partial charge in [-0.2, -0.15) is 5.26 Å². The molecule has 1 N–H and O–H groups in total. The molecule has 0 aliphatic carbocycles. The summed E-state index contributed by atoms with van der Waals surface area (Å²) in [5, 5.41) is 11.9. The van der Waals surface area contributed by atoms with Crippen LogP contribution in [0.15, 0.2) is 22.7 Å². The summed E-state index contributed by atoms with van der Waals surface area (Å²) in [5.74, 6) is 1.54. The second-order valence-corrected chi connectivity index (χ2v) is 6.10. The van der Waals surface area contributed by atoms with Crippen molar-refractivity contribution in [3.63, 3.8) is 0 Å². The van der Waals surface area contributed by atoms with E-state index < -0.39 is 0 Å². The molecule has 20 heavy (non-hydrogen) atoms. The fourth-order valence-corrected chi connectivity index (χ4v) is 2.15. The zero-order chi connectivity index (χ0) is 14.8. The van der Waals surface area contributed by atoms with Crippen molar-refractivity contribution in [1.29, 1.82) is 5.26 Å². The highest BCUT2D eigenvalue weighted by atomic mass is 79.9. The number of rotatable bonds is 9. The molecule has 3 nitrogen and oxygen atoms in total. The second-order valence-electron chi connectivity index (χ2n) is 5.24. The third-order valence-corrected chi connectivity index (χ3v) is 3.61. The van der Waals surface area contributed by atoms with E-state index in [1.54, 1.807) is 0 Å². The highest BCUT2D eigenvalue weighted by Crippen LogP contribution is 2.22. The van der Waals surface area contributed by atoms with Gasteiger partial charge in [0.1, 0.15) is 5.75 Å². The van der Waals surface area contributed by atoms with Crippen LogP contribution < -0.4 is 10.1 Å². The molecule has 1 aromatic rings. The summed E-state index contributed by atoms with van der Waals surface area (Å²) in [5.41, 5.74) is 1.21. The Balaban J connectivity index is 2.42. The van der Waals surface area contributed by atoms with Crippen molar-refractivity contribution in [2.45, 2.75) is 39.7 Å². The van der Waals surface area contributed by atoms with Gasteiger partial charge in [0.15, 0.2) is 0 Å². The van der Waals surface area contributed by atoms with Crippen molar-refractivity contribution in [1.82, 2.24) is 5.32 Å². The van der Waals surface area contributed by atoms with Gasteiger partial charge in [0.2, 0.25) is 0 Å². The predicted octanol–water partition coefficient (Wildman–Crippen LogP) is 4.27. The highest BCUT2D eigenvalue weighted by Gasteiger charge is 2.03. The summed E-state index contributed by atoms with van der Waals surface area (Å²) in [6, 6.07) is 8.21. The number of ether oxygens (including phenoxy) is 1. The van der Waals surface area contributed by atoms with Crippen LogP contribution in [0.1, 0.15) is 38.7 Å². The van der Waals surface area contributed by atoms with Crippen LogP contribution in [0.4, 0.5) is 0 Å². The van der Waals surface area contributed by atoms with Gasteiger partial charge in [-0.15, -0.1) is 0 Å². The Morgan fingerprint density at radius 3 is 2.85 bits per heavy atom. The number of halogens is 1. The van der Waals surface area contributed by atoms with Crippen LogP contribution in [0.25, 0.3) is 0 Å². The maximum Gasteiger partial charge on any atom is 0.119 e. The average molecular weight is 339 g/mol. The molecule has 0 aromatic heterocycles. The summed E-state index contributed by atoms with van der Waals surface area (Å²) >= 11 is 3.57. The van der Waals surface area contributed by atoms with Crippen molar-refractivity contribution >= 4 is 15.9 Å². The zero-order valence-corrected chi connectivity index (χ0v) is 13.9. The minimum atomic E-state index is 0.605. The van der Waals surface area contributed by atoms with Gasteiger partial charge in [-0.3, -0.25) is 0 Å². The molecule has 0 saturated heterocycles. The predicted molar refractivity (Wildman–Crippen MR) is 85.6 cm³/mol. The van der Waals surface area contributed by atoms with Gasteiger partial charge in [0, 0.05) is 17.4 Å². The summed E-state index contributed by atoms with van der Waals surface area (Å²) in [4.78, 5) is 0. The molecule has 110 valence electrons. The van der Waals surface area contributed by atoms with Crippen LogP contribution in [0.5, 0.6) is 5.75 Å². The molecule has 0 atom stereocenters. The molecule has 4 heteroatoms. The number of hydrogen-bond donors (Lipinski definition) is 1. The van der Waals surface area contributed by atoms with Gasteiger partial charge >= 0.3 is 0 Å². The van der Waals surface area contributed by atoms with Crippen LogP contribution in [-0.2, 0) is 6.54 Å². The quantitative estimate of drug-likeness (QED) is 0.684. The Labute approximate surface area is 130 Å². The first kappa shape index (κ1) is 17.0. The van der Waals surface area contributed by atoms with E-state index in [1.807, 2.05) is 12.1 Å². The SMILES string of the molecule is CC(C)CNCc1cc(OCCCCC#N)ccc1Br. The Morgan fingerprint density at radius 2 is 2.15 bits per heavy atom. The first-order valence-electron chi connectivity index (χ1n) is 7.12. The van der Waals surface area contributed by atoms with E-state index in [0.717, 1.165) is 36.2 Å². The summed E-state index contributed by atoms with van der Waals surface area (Å²) in [6.07, 6.45) is 2.43. The first-order valence-corrected chi connectivity index (χ1v) is 7.91. The molecule has 1 aromatic carbocycles. The summed E-state index contributed by atoms with van der Waals surface area (Å²) < 4.78 is 6.82. The smallest absolute Gasteiger partial charge is 0.119 e. The van der Waals surface area contributed by atoms with Gasteiger partial charge in [-0.1, -0.05) is 29.8 Å². The minimum absolute atomic E-state index is 0.605. The Bertz CT molecular complexity index is 441. The normalized spacial score (nSPS) is 10.6. The fraction of sp³-hybridized carbons (Fsp3) is 0.562. The Hall–Kier alpha value is -1.05. The third kappa shape index (κ3) is 6.93. The van der Waals surface area contributed by atoms with E-state index in [0.29, 0.717) is 18.9 Å². The van der Waals surface area contributed by atoms with Gasteiger partial charge in [0.25, 0.3) is 0 Å². The lowest BCUT2D eigenvalue weighted by molar-refractivity contribution is 0.307. The maximum absolute atomic E-state index is 8.47. The van der Waals surface area contributed by atoms with Gasteiger partial charge in [0.05, 0.1) is 12.7 Å². The number of nitrogens with one attached hydrogen (secondary N) is 1. The number of benzene rings is 1. The van der Waals surface area contributed by atoms with Crippen molar-refractivity contribution in [3.8, 4) is 11.8 Å². The number of hydrogen-bond acceptors (Lipinski definition) is 3. The molecule has 0 radical (unpaired) electrons. The largest absolute Gasteiger partial charge is 0.494 e. The lowest BCUT2D eigenvalue weighted by atomic mass is 10.2. The molecule has 0 aliphatic heterocycles. The van der Waals surface area contributed by atoms with Crippen LogP contribution >= 0.6 is 15.9 Å². The van der Waals surface area contributed by atoms with Crippen LogP contribution in [0, 0.1) is 17.2 Å². The van der Waals surface area contributed by atoms with Crippen molar-refractivity contribution < 1.29 is 4.74 Å². The average Bonchev–Trinajstić information content (AvgIpc) is 2.41. The lowest BCUT2D eigenvalue weighted by Gasteiger charge is -2.11. The monoisotopic (exact) mass is 338 g/mol. The molecule has 0 spiro atoms. The second kappa shape index (κ2) is 9.79. The van der Waals surface area contributed by atoms with E-state index >= 15 is 0 Å². The zero-order valence-electron chi connectivity index (χ0n) is 12.3. The maximum atomic E-state index is 8.47. The van der Waals surface area contributed by atoms with E-state index in [4.69, 9.17) is 10.00 Å². The highest BCUT2D eigenvalue weighted by molar-refractivity contribution is 9.10. The van der Waals surface area contributed by atoms with E-state index in [9.17, 15) is 0 Å². The summed E-state index contributed by atoms with van der Waals surface area (Å²) in [7, 11) is 0. The molecule has 1 rings (SSSR count). The molecule has 0 saturated carbocycles. The fourth-order valence-electron chi connectivity index (χ4n) is 1.77. The Morgan fingerprint density at radius 1 is 1.35 bits per heavy atom. The molecule has 0 amide bonds. The van der Waals surface area contributed by atoms with Crippen LogP contribution in [0.3, 0.4) is 0 Å². The summed E-state index contributed by atoms with van der Waals surface area (Å²) in [6.45, 7) is 6.91. The van der Waals surface area contributed by atoms with E-state index in [1.165, 1.54) is 5.56 Å². The van der Waals surface area contributed by atoms with Crippen molar-refractivity contribution in [3.05, 3.63) is 28.2 Å². The number of nitrogens with zero attached hydrogens (tertiary/aromatic N) is 1. The topological polar surface area (TPSA) is 45.0 Å². The van der Waals surface area contributed by atoms with Crippen molar-refractivity contribution in [2.24, 2.45) is 5.92 Å². The molecular formula is C16H23BrN2O. The van der Waals surface area contributed by atoms with Crippen LogP contribution in [-0.4, -0.2) is 13.2 Å². The standard InChI is InChI=1S/C16H23BrN2O/c1-13(2)11-19-12-14-10-15(6-7-16(14)17)20-9-5-3-4-8-18/h6-7,10,13,19H,3-5,9,11-12H2,1-2H3. The van der Waals surface area contributed by atoms with E-state index in [-0.39, 0.29) is 0 Å². The van der Waals surface area contributed by atoms with Gasteiger partial charge in [-0.05, 0) is 49.1 Å². The molecule has 0 heterocycles. The molecule has 0 bridgehead atoms. The number of unbranched alkanes of at least 4 members (excludes halogenated alkanes) is 2. The third-order valence-electron chi connectivity index (χ3n) is 2.84. The van der Waals surface area contributed by atoms with E-state index in [2.05, 4.69) is 47.2 Å².